The first-order chi connectivity index (χ1) is 7.86. The van der Waals surface area contributed by atoms with Crippen LogP contribution in [0.5, 0.6) is 0 Å². The summed E-state index contributed by atoms with van der Waals surface area (Å²) in [6.07, 6.45) is 1.89. The molecule has 0 aromatic heterocycles. The van der Waals surface area contributed by atoms with Crippen molar-refractivity contribution in [1.82, 2.24) is 9.62 Å². The molecular formula is C10H21N3O2S2. The largest absolute Gasteiger partial charge is 0.392 e. The van der Waals surface area contributed by atoms with Gasteiger partial charge in [-0.15, -0.1) is 0 Å². The lowest BCUT2D eigenvalue weighted by Crippen LogP contribution is -2.51. The number of piperidine rings is 1. The summed E-state index contributed by atoms with van der Waals surface area (Å²) in [5, 5.41) is -0.811. The maximum atomic E-state index is 11.9. The van der Waals surface area contributed by atoms with Crippen molar-refractivity contribution >= 4 is 27.2 Å². The average Bonchev–Trinajstić information content (AvgIpc) is 2.27. The van der Waals surface area contributed by atoms with Crippen LogP contribution in [0.2, 0.25) is 0 Å². The standard InChI is InChI=1S/C10H21N3O2S2/c1-3-13-6-4-5-9(7-13)12-17(14,15)8(2)10(11)16/h8-9,12H,3-7H2,1-2H3,(H2,11,16). The molecule has 1 saturated heterocycles. The summed E-state index contributed by atoms with van der Waals surface area (Å²) < 4.78 is 26.6. The molecule has 17 heavy (non-hydrogen) atoms. The van der Waals surface area contributed by atoms with Crippen molar-refractivity contribution in [2.24, 2.45) is 5.73 Å². The van der Waals surface area contributed by atoms with Gasteiger partial charge in [-0.2, -0.15) is 0 Å². The molecule has 1 aliphatic rings. The highest BCUT2D eigenvalue weighted by Crippen LogP contribution is 2.12. The SMILES string of the molecule is CCN1CCCC(NS(=O)(=O)C(C)C(N)=S)C1. The number of thiocarbonyl (C=S) groups is 1. The van der Waals surface area contributed by atoms with Crippen LogP contribution in [0.1, 0.15) is 26.7 Å². The van der Waals surface area contributed by atoms with E-state index in [0.29, 0.717) is 0 Å². The monoisotopic (exact) mass is 279 g/mol. The number of hydrogen-bond acceptors (Lipinski definition) is 4. The van der Waals surface area contributed by atoms with E-state index < -0.39 is 15.3 Å². The van der Waals surface area contributed by atoms with Crippen molar-refractivity contribution in [2.45, 2.75) is 38.0 Å². The van der Waals surface area contributed by atoms with Gasteiger partial charge < -0.3 is 10.6 Å². The molecule has 7 heteroatoms. The highest BCUT2D eigenvalue weighted by molar-refractivity contribution is 7.93. The maximum absolute atomic E-state index is 11.9. The molecule has 0 aliphatic carbocycles. The number of nitrogens with two attached hydrogens (primary N) is 1. The zero-order valence-electron chi connectivity index (χ0n) is 10.3. The Morgan fingerprint density at radius 3 is 2.82 bits per heavy atom. The van der Waals surface area contributed by atoms with Crippen LogP contribution in [0, 0.1) is 0 Å². The third-order valence-electron chi connectivity index (χ3n) is 3.15. The van der Waals surface area contributed by atoms with E-state index in [0.717, 1.165) is 32.5 Å². The van der Waals surface area contributed by atoms with Crippen LogP contribution in [-0.2, 0) is 10.0 Å². The van der Waals surface area contributed by atoms with Gasteiger partial charge >= 0.3 is 0 Å². The maximum Gasteiger partial charge on any atom is 0.221 e. The van der Waals surface area contributed by atoms with Crippen LogP contribution in [0.15, 0.2) is 0 Å². The van der Waals surface area contributed by atoms with Gasteiger partial charge in [-0.05, 0) is 32.9 Å². The van der Waals surface area contributed by atoms with E-state index >= 15 is 0 Å². The zero-order valence-corrected chi connectivity index (χ0v) is 12.0. The summed E-state index contributed by atoms with van der Waals surface area (Å²) in [5.74, 6) is 0. The van der Waals surface area contributed by atoms with Crippen molar-refractivity contribution in [3.63, 3.8) is 0 Å². The average molecular weight is 279 g/mol. The van der Waals surface area contributed by atoms with Gasteiger partial charge in [-0.1, -0.05) is 19.1 Å². The predicted molar refractivity (Wildman–Crippen MR) is 73.4 cm³/mol. The van der Waals surface area contributed by atoms with Crippen LogP contribution in [0.25, 0.3) is 0 Å². The van der Waals surface area contributed by atoms with Crippen molar-refractivity contribution < 1.29 is 8.42 Å². The molecule has 100 valence electrons. The molecule has 2 atom stereocenters. The molecule has 1 fully saturated rings. The second-order valence-corrected chi connectivity index (χ2v) is 6.94. The van der Waals surface area contributed by atoms with E-state index in [4.69, 9.17) is 18.0 Å². The Morgan fingerprint density at radius 1 is 1.65 bits per heavy atom. The molecule has 0 radical (unpaired) electrons. The number of nitrogens with zero attached hydrogens (tertiary/aromatic N) is 1. The molecular weight excluding hydrogens is 258 g/mol. The van der Waals surface area contributed by atoms with Crippen molar-refractivity contribution in [3.8, 4) is 0 Å². The fraction of sp³-hybridized carbons (Fsp3) is 0.900. The summed E-state index contributed by atoms with van der Waals surface area (Å²) in [4.78, 5) is 2.25. The van der Waals surface area contributed by atoms with Gasteiger partial charge in [0.15, 0.2) is 0 Å². The van der Waals surface area contributed by atoms with Crippen molar-refractivity contribution in [2.75, 3.05) is 19.6 Å². The van der Waals surface area contributed by atoms with E-state index in [1.54, 1.807) is 0 Å². The number of likely N-dealkylation sites (N-methyl/N-ethyl adjacent to an activating group) is 1. The van der Waals surface area contributed by atoms with Crippen LogP contribution in [0.4, 0.5) is 0 Å². The lowest BCUT2D eigenvalue weighted by molar-refractivity contribution is 0.211. The summed E-state index contributed by atoms with van der Waals surface area (Å²) >= 11 is 4.73. The molecule has 0 amide bonds. The Balaban J connectivity index is 2.61. The van der Waals surface area contributed by atoms with Crippen LogP contribution in [0.3, 0.4) is 0 Å². The topological polar surface area (TPSA) is 75.4 Å². The number of rotatable bonds is 5. The zero-order chi connectivity index (χ0) is 13.1. The van der Waals surface area contributed by atoms with E-state index in [1.165, 1.54) is 6.92 Å². The number of sulfonamides is 1. The molecule has 0 bridgehead atoms. The molecule has 1 rings (SSSR count). The second kappa shape index (κ2) is 6.08. The number of hydrogen-bond donors (Lipinski definition) is 2. The lowest BCUT2D eigenvalue weighted by atomic mass is 10.1. The summed E-state index contributed by atoms with van der Waals surface area (Å²) in [6.45, 7) is 6.35. The van der Waals surface area contributed by atoms with Gasteiger partial charge in [0.25, 0.3) is 0 Å². The molecule has 0 spiro atoms. The van der Waals surface area contributed by atoms with Gasteiger partial charge in [-0.3, -0.25) is 0 Å². The Bertz CT molecular complexity index is 370. The number of nitrogens with one attached hydrogen (secondary N) is 1. The summed E-state index contributed by atoms with van der Waals surface area (Å²) in [5.41, 5.74) is 5.38. The Labute approximate surface area is 109 Å². The predicted octanol–water partition coefficient (Wildman–Crippen LogP) is 0.0647. The smallest absolute Gasteiger partial charge is 0.221 e. The summed E-state index contributed by atoms with van der Waals surface area (Å²) in [6, 6.07) is -0.0227. The first kappa shape index (κ1) is 14.8. The van der Waals surface area contributed by atoms with Gasteiger partial charge in [0.05, 0.1) is 4.99 Å². The van der Waals surface area contributed by atoms with Gasteiger partial charge in [0, 0.05) is 12.6 Å². The molecule has 3 N–H and O–H groups in total. The van der Waals surface area contributed by atoms with Gasteiger partial charge in [0.2, 0.25) is 10.0 Å². The van der Waals surface area contributed by atoms with Crippen LogP contribution in [-0.4, -0.2) is 49.2 Å². The Hall–Kier alpha value is -0.240. The molecule has 2 unspecified atom stereocenters. The Morgan fingerprint density at radius 2 is 2.29 bits per heavy atom. The van der Waals surface area contributed by atoms with Crippen LogP contribution < -0.4 is 10.5 Å². The van der Waals surface area contributed by atoms with Crippen LogP contribution >= 0.6 is 12.2 Å². The molecule has 5 nitrogen and oxygen atoms in total. The van der Waals surface area contributed by atoms with Crippen molar-refractivity contribution in [1.29, 1.82) is 0 Å². The molecule has 0 aromatic rings. The first-order valence-electron chi connectivity index (χ1n) is 5.89. The number of likely N-dealkylation sites (tertiary alicyclic amines) is 1. The third-order valence-corrected chi connectivity index (χ3v) is 5.50. The quantitative estimate of drug-likeness (QED) is 0.696. The lowest BCUT2D eigenvalue weighted by Gasteiger charge is -2.32. The molecule has 0 aromatic carbocycles. The third kappa shape index (κ3) is 4.17. The van der Waals surface area contributed by atoms with E-state index in [1.807, 2.05) is 0 Å². The minimum atomic E-state index is -3.43. The van der Waals surface area contributed by atoms with Gasteiger partial charge in [-0.25, -0.2) is 13.1 Å². The Kier molecular flexibility index (Phi) is 5.30. The summed E-state index contributed by atoms with van der Waals surface area (Å²) in [7, 11) is -3.43. The highest BCUT2D eigenvalue weighted by atomic mass is 32.2. The van der Waals surface area contributed by atoms with Crippen molar-refractivity contribution in [3.05, 3.63) is 0 Å². The minimum absolute atomic E-state index is 0.0145. The fourth-order valence-electron chi connectivity index (χ4n) is 1.93. The molecule has 0 saturated carbocycles. The molecule has 1 heterocycles. The minimum Gasteiger partial charge on any atom is -0.392 e. The normalized spacial score (nSPS) is 24.5. The van der Waals surface area contributed by atoms with E-state index in [9.17, 15) is 8.42 Å². The van der Waals surface area contributed by atoms with Gasteiger partial charge in [0.1, 0.15) is 5.25 Å². The first-order valence-corrected chi connectivity index (χ1v) is 7.85. The highest BCUT2D eigenvalue weighted by Gasteiger charge is 2.28. The second-order valence-electron chi connectivity index (χ2n) is 4.44. The van der Waals surface area contributed by atoms with E-state index in [2.05, 4.69) is 16.5 Å². The molecule has 1 aliphatic heterocycles. The van der Waals surface area contributed by atoms with E-state index in [-0.39, 0.29) is 11.0 Å². The fourth-order valence-corrected chi connectivity index (χ4v) is 3.47.